The van der Waals surface area contributed by atoms with Crippen molar-refractivity contribution in [3.05, 3.63) is 18.1 Å². The highest BCUT2D eigenvalue weighted by Gasteiger charge is 2.35. The van der Waals surface area contributed by atoms with E-state index in [4.69, 9.17) is 0 Å². The maximum atomic E-state index is 11.7. The van der Waals surface area contributed by atoms with Gasteiger partial charge in [0.05, 0.1) is 30.4 Å². The predicted octanol–water partition coefficient (Wildman–Crippen LogP) is 1.08. The number of nitrogens with zero attached hydrogens (tertiary/aromatic N) is 4. The molecule has 0 aliphatic carbocycles. The van der Waals surface area contributed by atoms with Crippen LogP contribution in [-0.2, 0) is 10.0 Å². The van der Waals surface area contributed by atoms with Gasteiger partial charge >= 0.3 is 0 Å². The molecule has 2 aliphatic rings. The van der Waals surface area contributed by atoms with E-state index in [1.807, 2.05) is 13.2 Å². The van der Waals surface area contributed by atoms with E-state index in [2.05, 4.69) is 20.2 Å². The highest BCUT2D eigenvalue weighted by molar-refractivity contribution is 7.88. The van der Waals surface area contributed by atoms with Crippen LogP contribution in [0.25, 0.3) is 0 Å². The first-order chi connectivity index (χ1) is 11.0. The zero-order valence-electron chi connectivity index (χ0n) is 13.8. The van der Waals surface area contributed by atoms with Crippen molar-refractivity contribution in [1.29, 1.82) is 0 Å². The van der Waals surface area contributed by atoms with Crippen LogP contribution in [0.15, 0.2) is 12.4 Å². The molecular formula is C15H25N5O2S. The molecule has 0 radical (unpaired) electrons. The lowest BCUT2D eigenvalue weighted by atomic mass is 10.0. The number of anilines is 1. The van der Waals surface area contributed by atoms with Gasteiger partial charge in [-0.3, -0.25) is 9.88 Å². The topological polar surface area (TPSA) is 78.4 Å². The maximum absolute atomic E-state index is 11.7. The smallest absolute Gasteiger partial charge is 0.211 e. The Morgan fingerprint density at radius 3 is 2.57 bits per heavy atom. The first-order valence-corrected chi connectivity index (χ1v) is 10.0. The summed E-state index contributed by atoms with van der Waals surface area (Å²) in [7, 11) is -1.21. The zero-order chi connectivity index (χ0) is 16.4. The van der Waals surface area contributed by atoms with Gasteiger partial charge in [-0.15, -0.1) is 0 Å². The predicted molar refractivity (Wildman–Crippen MR) is 89.7 cm³/mol. The number of nitrogens with one attached hydrogen (secondary N) is 1. The van der Waals surface area contributed by atoms with Gasteiger partial charge in [0.15, 0.2) is 0 Å². The molecule has 0 bridgehead atoms. The van der Waals surface area contributed by atoms with E-state index in [0.717, 1.165) is 43.7 Å². The molecular weight excluding hydrogens is 314 g/mol. The Morgan fingerprint density at radius 1 is 1.17 bits per heavy atom. The summed E-state index contributed by atoms with van der Waals surface area (Å²) in [6, 6.07) is 0.728. The molecule has 0 unspecified atom stereocenters. The van der Waals surface area contributed by atoms with Gasteiger partial charge in [0.25, 0.3) is 0 Å². The van der Waals surface area contributed by atoms with Gasteiger partial charge in [-0.05, 0) is 32.2 Å². The van der Waals surface area contributed by atoms with E-state index >= 15 is 0 Å². The van der Waals surface area contributed by atoms with Crippen molar-refractivity contribution >= 4 is 15.8 Å². The van der Waals surface area contributed by atoms with E-state index in [-0.39, 0.29) is 0 Å². The van der Waals surface area contributed by atoms with Crippen molar-refractivity contribution in [2.24, 2.45) is 0 Å². The molecule has 2 fully saturated rings. The quantitative estimate of drug-likeness (QED) is 0.884. The molecule has 3 rings (SSSR count). The number of aromatic nitrogens is 2. The van der Waals surface area contributed by atoms with Crippen molar-refractivity contribution in [3.63, 3.8) is 0 Å². The minimum atomic E-state index is -3.06. The van der Waals surface area contributed by atoms with Gasteiger partial charge in [-0.2, -0.15) is 0 Å². The van der Waals surface area contributed by atoms with Gasteiger partial charge in [0.2, 0.25) is 10.0 Å². The molecule has 1 N–H and O–H groups in total. The summed E-state index contributed by atoms with van der Waals surface area (Å²) in [5.74, 6) is 0.793. The van der Waals surface area contributed by atoms with E-state index in [9.17, 15) is 8.42 Å². The lowest BCUT2D eigenvalue weighted by molar-refractivity contribution is 0.125. The van der Waals surface area contributed by atoms with Crippen LogP contribution in [0.5, 0.6) is 0 Å². The fourth-order valence-electron chi connectivity index (χ4n) is 3.71. The Morgan fingerprint density at radius 2 is 1.91 bits per heavy atom. The van der Waals surface area contributed by atoms with Gasteiger partial charge in [0.1, 0.15) is 5.82 Å². The summed E-state index contributed by atoms with van der Waals surface area (Å²) in [5.41, 5.74) is 1.01. The Bertz CT molecular complexity index is 643. The molecule has 1 aromatic rings. The molecule has 8 heteroatoms. The molecule has 0 amide bonds. The summed E-state index contributed by atoms with van der Waals surface area (Å²) < 4.78 is 24.9. The van der Waals surface area contributed by atoms with Crippen molar-refractivity contribution in [1.82, 2.24) is 19.2 Å². The van der Waals surface area contributed by atoms with Crippen LogP contribution in [0.4, 0.5) is 5.82 Å². The highest BCUT2D eigenvalue weighted by atomic mass is 32.2. The molecule has 0 saturated carbocycles. The summed E-state index contributed by atoms with van der Waals surface area (Å²) in [6.07, 6.45) is 8.91. The Balaban J connectivity index is 1.70. The van der Waals surface area contributed by atoms with Crippen molar-refractivity contribution in [3.8, 4) is 0 Å². The molecule has 23 heavy (non-hydrogen) atoms. The Hall–Kier alpha value is -1.25. The van der Waals surface area contributed by atoms with Crippen LogP contribution < -0.4 is 5.32 Å². The van der Waals surface area contributed by atoms with E-state index < -0.39 is 10.0 Å². The molecule has 1 aromatic heterocycles. The molecule has 2 saturated heterocycles. The van der Waals surface area contributed by atoms with Crippen molar-refractivity contribution in [2.45, 2.75) is 37.8 Å². The zero-order valence-corrected chi connectivity index (χ0v) is 14.6. The molecule has 128 valence electrons. The fraction of sp³-hybridized carbons (Fsp3) is 0.733. The summed E-state index contributed by atoms with van der Waals surface area (Å²) in [5, 5.41) is 3.04. The molecule has 0 spiro atoms. The highest BCUT2D eigenvalue weighted by Crippen LogP contribution is 2.35. The average molecular weight is 339 g/mol. The van der Waals surface area contributed by atoms with Crippen LogP contribution in [0.2, 0.25) is 0 Å². The average Bonchev–Trinajstić information content (AvgIpc) is 3.04. The second kappa shape index (κ2) is 6.70. The van der Waals surface area contributed by atoms with Gasteiger partial charge < -0.3 is 5.32 Å². The summed E-state index contributed by atoms with van der Waals surface area (Å²) in [4.78, 5) is 11.4. The van der Waals surface area contributed by atoms with Crippen LogP contribution in [0.1, 0.15) is 37.4 Å². The number of rotatable bonds is 4. The first-order valence-electron chi connectivity index (χ1n) is 8.19. The monoisotopic (exact) mass is 339 g/mol. The number of hydrogen-bond donors (Lipinski definition) is 1. The fourth-order valence-corrected chi connectivity index (χ4v) is 4.59. The van der Waals surface area contributed by atoms with Gasteiger partial charge in [-0.25, -0.2) is 17.7 Å². The maximum Gasteiger partial charge on any atom is 0.211 e. The van der Waals surface area contributed by atoms with Gasteiger partial charge in [0, 0.05) is 26.2 Å². The minimum Gasteiger partial charge on any atom is -0.372 e. The lowest BCUT2D eigenvalue weighted by Gasteiger charge is -2.38. The number of sulfonamides is 1. The van der Waals surface area contributed by atoms with Gasteiger partial charge in [-0.1, -0.05) is 0 Å². The molecule has 7 nitrogen and oxygen atoms in total. The van der Waals surface area contributed by atoms with E-state index in [0.29, 0.717) is 25.2 Å². The number of hydrogen-bond acceptors (Lipinski definition) is 6. The molecule has 0 aromatic carbocycles. The number of likely N-dealkylation sites (tertiary alicyclic amines) is 1. The third kappa shape index (κ3) is 3.64. The molecule has 2 aliphatic heterocycles. The largest absolute Gasteiger partial charge is 0.372 e. The lowest BCUT2D eigenvalue weighted by Crippen LogP contribution is -2.46. The third-order valence-corrected chi connectivity index (χ3v) is 6.21. The minimum absolute atomic E-state index is 0.297. The van der Waals surface area contributed by atoms with Crippen LogP contribution in [-0.4, -0.2) is 66.6 Å². The van der Waals surface area contributed by atoms with E-state index in [1.54, 1.807) is 10.5 Å². The standard InChI is InChI=1S/C15H25N5O2S/c1-16-15-11-17-10-13(18-15)14-4-3-7-20(14)12-5-8-19(9-6-12)23(2,21)22/h10-12,14H,3-9H2,1-2H3,(H,16,18)/t14-/m0/s1. The van der Waals surface area contributed by atoms with Crippen LogP contribution >= 0.6 is 0 Å². The van der Waals surface area contributed by atoms with Crippen molar-refractivity contribution < 1.29 is 8.42 Å². The van der Waals surface area contributed by atoms with Crippen LogP contribution in [0.3, 0.4) is 0 Å². The van der Waals surface area contributed by atoms with Crippen molar-refractivity contribution in [2.75, 3.05) is 38.3 Å². The van der Waals surface area contributed by atoms with E-state index in [1.165, 1.54) is 6.26 Å². The SMILES string of the molecule is CNc1cncc([C@@H]2CCCN2C2CCN(S(C)(=O)=O)CC2)n1. The molecule has 3 heterocycles. The van der Waals surface area contributed by atoms with Crippen LogP contribution in [0, 0.1) is 0 Å². The first kappa shape index (κ1) is 16.6. The third-order valence-electron chi connectivity index (χ3n) is 4.91. The second-order valence-corrected chi connectivity index (χ2v) is 8.35. The number of piperidine rings is 1. The Labute approximate surface area is 138 Å². The second-order valence-electron chi connectivity index (χ2n) is 6.37. The Kier molecular flexibility index (Phi) is 4.84. The summed E-state index contributed by atoms with van der Waals surface area (Å²) >= 11 is 0. The summed E-state index contributed by atoms with van der Waals surface area (Å²) in [6.45, 7) is 2.30. The molecule has 1 atom stereocenters. The normalized spacial score (nSPS) is 24.9.